The fourth-order valence-corrected chi connectivity index (χ4v) is 5.66. The Morgan fingerprint density at radius 3 is 2.52 bits per heavy atom. The molecule has 2 aromatic carbocycles. The lowest BCUT2D eigenvalue weighted by molar-refractivity contribution is 0.0600. The summed E-state index contributed by atoms with van der Waals surface area (Å²) >= 11 is 1.59. The lowest BCUT2D eigenvalue weighted by Crippen LogP contribution is -2.34. The van der Waals surface area contributed by atoms with Gasteiger partial charge in [0.1, 0.15) is 6.23 Å². The Morgan fingerprint density at radius 1 is 1.09 bits per heavy atom. The number of carbonyl (C=O) groups excluding carboxylic acids is 1. The summed E-state index contributed by atoms with van der Waals surface area (Å²) in [6.07, 6.45) is 2.70. The number of methoxy groups -OCH3 is 3. The molecule has 0 spiro atoms. The van der Waals surface area contributed by atoms with Crippen molar-refractivity contribution in [1.29, 1.82) is 0 Å². The van der Waals surface area contributed by atoms with Crippen molar-refractivity contribution in [1.82, 2.24) is 9.21 Å². The van der Waals surface area contributed by atoms with E-state index in [0.717, 1.165) is 61.5 Å². The van der Waals surface area contributed by atoms with E-state index in [9.17, 15) is 9.90 Å². The molecule has 2 aromatic rings. The number of piperidine rings is 1. The van der Waals surface area contributed by atoms with Crippen molar-refractivity contribution >= 4 is 17.9 Å². The third kappa shape index (κ3) is 5.46. The van der Waals surface area contributed by atoms with Crippen molar-refractivity contribution in [3.05, 3.63) is 53.1 Å². The van der Waals surface area contributed by atoms with Gasteiger partial charge in [-0.15, -0.1) is 0 Å². The molecular weight excluding hydrogens is 440 g/mol. The van der Waals surface area contributed by atoms with Gasteiger partial charge >= 0.3 is 5.97 Å². The van der Waals surface area contributed by atoms with Crippen molar-refractivity contribution < 1.29 is 24.1 Å². The van der Waals surface area contributed by atoms with Gasteiger partial charge in [-0.05, 0) is 80.0 Å². The normalized spacial score (nSPS) is 19.3. The molecule has 0 bridgehead atoms. The second-order valence-electron chi connectivity index (χ2n) is 8.55. The van der Waals surface area contributed by atoms with Gasteiger partial charge < -0.3 is 19.3 Å². The van der Waals surface area contributed by atoms with Gasteiger partial charge in [0.2, 0.25) is 0 Å². The van der Waals surface area contributed by atoms with Crippen LogP contribution in [0.4, 0.5) is 0 Å². The van der Waals surface area contributed by atoms with Crippen LogP contribution in [0.3, 0.4) is 0 Å². The van der Waals surface area contributed by atoms with E-state index in [-0.39, 0.29) is 5.97 Å². The molecule has 0 radical (unpaired) electrons. The summed E-state index contributed by atoms with van der Waals surface area (Å²) in [7, 11) is 4.64. The Balaban J connectivity index is 1.26. The number of benzene rings is 2. The van der Waals surface area contributed by atoms with Gasteiger partial charge in [0.15, 0.2) is 11.5 Å². The smallest absolute Gasteiger partial charge is 0.337 e. The first kappa shape index (κ1) is 23.9. The van der Waals surface area contributed by atoms with E-state index < -0.39 is 6.23 Å². The summed E-state index contributed by atoms with van der Waals surface area (Å²) in [6.45, 7) is 3.75. The summed E-state index contributed by atoms with van der Waals surface area (Å²) < 4.78 is 17.7. The second-order valence-corrected chi connectivity index (χ2v) is 9.64. The number of aliphatic hydroxyl groups excluding tert-OH is 1. The number of aliphatic hydroxyl groups is 1. The predicted octanol–water partition coefficient (Wildman–Crippen LogP) is 4.11. The van der Waals surface area contributed by atoms with Crippen LogP contribution in [-0.2, 0) is 11.3 Å². The zero-order valence-electron chi connectivity index (χ0n) is 19.5. The van der Waals surface area contributed by atoms with E-state index in [4.69, 9.17) is 14.2 Å². The lowest BCUT2D eigenvalue weighted by atomic mass is 9.93. The molecule has 0 aromatic heterocycles. The minimum absolute atomic E-state index is 0.295. The van der Waals surface area contributed by atoms with Crippen LogP contribution in [0.2, 0.25) is 0 Å². The highest BCUT2D eigenvalue weighted by molar-refractivity contribution is 7.97. The molecule has 7 nitrogen and oxygen atoms in total. The molecule has 1 N–H and O–H groups in total. The quantitative estimate of drug-likeness (QED) is 0.455. The highest BCUT2D eigenvalue weighted by Crippen LogP contribution is 2.47. The van der Waals surface area contributed by atoms with E-state index in [1.54, 1.807) is 32.2 Å². The Morgan fingerprint density at radius 2 is 1.82 bits per heavy atom. The van der Waals surface area contributed by atoms with Gasteiger partial charge in [0, 0.05) is 23.5 Å². The Bertz CT molecular complexity index is 977. The SMILES string of the molecule is COC(=O)c1cccc(CN2CCC(CCN3Sc4cc(OC)c(OC)cc4C3O)CC2)c1. The fourth-order valence-electron chi connectivity index (χ4n) is 4.57. The van der Waals surface area contributed by atoms with Gasteiger partial charge in [0.25, 0.3) is 0 Å². The number of hydrogen-bond acceptors (Lipinski definition) is 8. The number of ether oxygens (including phenoxy) is 3. The third-order valence-electron chi connectivity index (χ3n) is 6.50. The molecule has 33 heavy (non-hydrogen) atoms. The average molecular weight is 473 g/mol. The molecule has 0 aliphatic carbocycles. The monoisotopic (exact) mass is 472 g/mol. The minimum Gasteiger partial charge on any atom is -0.493 e. The van der Waals surface area contributed by atoms with Crippen LogP contribution in [0.5, 0.6) is 11.5 Å². The Labute approximate surface area is 199 Å². The molecule has 178 valence electrons. The molecule has 4 rings (SSSR count). The predicted molar refractivity (Wildman–Crippen MR) is 127 cm³/mol. The summed E-state index contributed by atoms with van der Waals surface area (Å²) in [6, 6.07) is 11.5. The molecule has 8 heteroatoms. The zero-order chi connectivity index (χ0) is 23.4. The van der Waals surface area contributed by atoms with Crippen LogP contribution in [-0.4, -0.2) is 61.2 Å². The van der Waals surface area contributed by atoms with Gasteiger partial charge in [-0.2, -0.15) is 0 Å². The van der Waals surface area contributed by atoms with Crippen molar-refractivity contribution in [2.45, 2.75) is 36.9 Å². The largest absolute Gasteiger partial charge is 0.493 e. The average Bonchev–Trinajstić information content (AvgIpc) is 3.16. The van der Waals surface area contributed by atoms with E-state index in [1.165, 1.54) is 7.11 Å². The van der Waals surface area contributed by atoms with Gasteiger partial charge in [-0.25, -0.2) is 9.10 Å². The molecule has 2 aliphatic heterocycles. The molecule has 0 amide bonds. The summed E-state index contributed by atoms with van der Waals surface area (Å²) in [5, 5.41) is 10.8. The summed E-state index contributed by atoms with van der Waals surface area (Å²) in [5.74, 6) is 1.67. The Hall–Kier alpha value is -2.26. The number of fused-ring (bicyclic) bond motifs is 1. The van der Waals surface area contributed by atoms with E-state index in [1.807, 2.05) is 28.6 Å². The number of carbonyl (C=O) groups is 1. The highest BCUT2D eigenvalue weighted by Gasteiger charge is 2.32. The van der Waals surface area contributed by atoms with E-state index >= 15 is 0 Å². The fraction of sp³-hybridized carbons (Fsp3) is 0.480. The van der Waals surface area contributed by atoms with Crippen molar-refractivity contribution in [3.63, 3.8) is 0 Å². The first-order valence-electron chi connectivity index (χ1n) is 11.3. The van der Waals surface area contributed by atoms with Crippen LogP contribution in [0, 0.1) is 5.92 Å². The molecule has 1 saturated heterocycles. The Kier molecular flexibility index (Phi) is 7.80. The number of esters is 1. The van der Waals surface area contributed by atoms with Crippen molar-refractivity contribution in [2.75, 3.05) is 41.0 Å². The molecule has 0 saturated carbocycles. The maximum absolute atomic E-state index is 11.8. The maximum Gasteiger partial charge on any atom is 0.337 e. The summed E-state index contributed by atoms with van der Waals surface area (Å²) in [4.78, 5) is 15.2. The van der Waals surface area contributed by atoms with Gasteiger partial charge in [0.05, 0.1) is 26.9 Å². The van der Waals surface area contributed by atoms with Crippen LogP contribution in [0.25, 0.3) is 0 Å². The van der Waals surface area contributed by atoms with E-state index in [0.29, 0.717) is 23.0 Å². The first-order chi connectivity index (χ1) is 16.0. The van der Waals surface area contributed by atoms with Crippen LogP contribution in [0.1, 0.15) is 47.0 Å². The third-order valence-corrected chi connectivity index (χ3v) is 7.67. The maximum atomic E-state index is 11.8. The topological polar surface area (TPSA) is 71.5 Å². The van der Waals surface area contributed by atoms with Crippen LogP contribution >= 0.6 is 11.9 Å². The van der Waals surface area contributed by atoms with Crippen molar-refractivity contribution in [3.8, 4) is 11.5 Å². The zero-order valence-corrected chi connectivity index (χ0v) is 20.3. The number of likely N-dealkylation sites (tertiary alicyclic amines) is 1. The lowest BCUT2D eigenvalue weighted by Gasteiger charge is -2.33. The second kappa shape index (κ2) is 10.8. The molecule has 1 atom stereocenters. The standard InChI is InChI=1S/C25H32N2O5S/c1-30-21-14-20-23(15-22(21)31-2)33-27(24(20)28)12-9-17-7-10-26(11-8-17)16-18-5-4-6-19(13-18)25(29)32-3/h4-6,13-15,17,24,28H,7-12,16H2,1-3H3. The van der Waals surface area contributed by atoms with Crippen LogP contribution < -0.4 is 9.47 Å². The number of nitrogens with zero attached hydrogens (tertiary/aromatic N) is 2. The molecular formula is C25H32N2O5S. The summed E-state index contributed by atoms with van der Waals surface area (Å²) in [5.41, 5.74) is 2.61. The van der Waals surface area contributed by atoms with Gasteiger partial charge in [-0.1, -0.05) is 12.1 Å². The minimum atomic E-state index is -0.632. The van der Waals surface area contributed by atoms with Crippen LogP contribution in [0.15, 0.2) is 41.3 Å². The molecule has 1 unspecified atom stereocenters. The first-order valence-corrected chi connectivity index (χ1v) is 12.1. The van der Waals surface area contributed by atoms with E-state index in [2.05, 4.69) is 11.0 Å². The molecule has 2 heterocycles. The molecule has 1 fully saturated rings. The van der Waals surface area contributed by atoms with Gasteiger partial charge in [-0.3, -0.25) is 4.90 Å². The highest BCUT2D eigenvalue weighted by atomic mass is 32.2. The number of hydrogen-bond donors (Lipinski definition) is 1. The molecule has 2 aliphatic rings. The van der Waals surface area contributed by atoms with Crippen molar-refractivity contribution in [2.24, 2.45) is 5.92 Å². The number of rotatable bonds is 8.